The van der Waals surface area contributed by atoms with Crippen molar-refractivity contribution < 1.29 is 24.1 Å². The van der Waals surface area contributed by atoms with E-state index in [-0.39, 0.29) is 19.4 Å². The summed E-state index contributed by atoms with van der Waals surface area (Å²) in [4.78, 5) is 32.3. The normalized spacial score (nSPS) is 22.1. The highest BCUT2D eigenvalue weighted by molar-refractivity contribution is 5.71. The number of carbonyl (C=O) groups excluding carboxylic acids is 2. The second kappa shape index (κ2) is 6.45. The fraction of sp³-hybridized carbons (Fsp3) is 0.429. The van der Waals surface area contributed by atoms with Crippen LogP contribution in [0.1, 0.15) is 24.8 Å². The van der Waals surface area contributed by atoms with E-state index in [2.05, 4.69) is 0 Å². The standard InChI is InChI=1S/C14H16O5/c15-8-6-14(7-9-18-19-14)10-13(16)17-11-12-4-2-1-3-5-12/h1-5,8H,6-7,9-11H2. The number of rotatable bonds is 6. The second-order valence-electron chi connectivity index (χ2n) is 4.53. The van der Waals surface area contributed by atoms with E-state index in [1.165, 1.54) is 0 Å². The predicted molar refractivity (Wildman–Crippen MR) is 65.9 cm³/mol. The number of esters is 1. The van der Waals surface area contributed by atoms with Crippen molar-refractivity contribution in [3.8, 4) is 0 Å². The molecule has 1 aliphatic rings. The highest BCUT2D eigenvalue weighted by atomic mass is 17.2. The minimum absolute atomic E-state index is 0.0264. The third-order valence-electron chi connectivity index (χ3n) is 3.04. The zero-order chi connectivity index (χ0) is 13.6. The first kappa shape index (κ1) is 13.7. The van der Waals surface area contributed by atoms with Gasteiger partial charge < -0.3 is 9.53 Å². The largest absolute Gasteiger partial charge is 0.461 e. The Balaban J connectivity index is 1.84. The maximum absolute atomic E-state index is 11.8. The Morgan fingerprint density at radius 2 is 2.16 bits per heavy atom. The molecule has 1 saturated heterocycles. The van der Waals surface area contributed by atoms with Crippen LogP contribution in [-0.4, -0.2) is 24.5 Å². The molecule has 5 nitrogen and oxygen atoms in total. The van der Waals surface area contributed by atoms with Crippen LogP contribution in [-0.2, 0) is 30.7 Å². The molecule has 0 N–H and O–H groups in total. The van der Waals surface area contributed by atoms with Crippen molar-refractivity contribution in [3.05, 3.63) is 35.9 Å². The third kappa shape index (κ3) is 3.87. The third-order valence-corrected chi connectivity index (χ3v) is 3.04. The van der Waals surface area contributed by atoms with Crippen LogP contribution >= 0.6 is 0 Å². The van der Waals surface area contributed by atoms with Crippen molar-refractivity contribution in [3.63, 3.8) is 0 Å². The molecule has 1 heterocycles. The number of benzene rings is 1. The van der Waals surface area contributed by atoms with Crippen LogP contribution in [0.2, 0.25) is 0 Å². The van der Waals surface area contributed by atoms with Crippen LogP contribution in [0, 0.1) is 0 Å². The van der Waals surface area contributed by atoms with Crippen molar-refractivity contribution in [1.29, 1.82) is 0 Å². The minimum atomic E-state index is -0.852. The summed E-state index contributed by atoms with van der Waals surface area (Å²) in [5.74, 6) is -0.392. The van der Waals surface area contributed by atoms with Crippen LogP contribution in [0.25, 0.3) is 0 Å². The Labute approximate surface area is 111 Å². The summed E-state index contributed by atoms with van der Waals surface area (Å²) in [6.07, 6.45) is 1.41. The lowest BCUT2D eigenvalue weighted by Crippen LogP contribution is -2.32. The van der Waals surface area contributed by atoms with E-state index < -0.39 is 11.6 Å². The van der Waals surface area contributed by atoms with Crippen LogP contribution in [0.15, 0.2) is 30.3 Å². The number of ether oxygens (including phenoxy) is 1. The van der Waals surface area contributed by atoms with E-state index in [0.29, 0.717) is 13.0 Å². The number of aldehydes is 1. The fourth-order valence-electron chi connectivity index (χ4n) is 1.97. The Hall–Kier alpha value is -1.72. The molecule has 0 bridgehead atoms. The molecule has 5 heteroatoms. The van der Waals surface area contributed by atoms with E-state index in [1.54, 1.807) is 0 Å². The van der Waals surface area contributed by atoms with Crippen molar-refractivity contribution in [1.82, 2.24) is 0 Å². The molecule has 2 rings (SSSR count). The topological polar surface area (TPSA) is 61.8 Å². The van der Waals surface area contributed by atoms with E-state index in [0.717, 1.165) is 11.8 Å². The SMILES string of the molecule is O=CCC1(CC(=O)OCc2ccccc2)CCOO1. The van der Waals surface area contributed by atoms with Crippen molar-refractivity contribution in [2.45, 2.75) is 31.5 Å². The first-order chi connectivity index (χ1) is 9.24. The summed E-state index contributed by atoms with van der Waals surface area (Å²) in [6.45, 7) is 0.609. The number of carbonyl (C=O) groups is 2. The van der Waals surface area contributed by atoms with Crippen LogP contribution in [0.5, 0.6) is 0 Å². The molecule has 1 aromatic carbocycles. The molecule has 1 fully saturated rings. The summed E-state index contributed by atoms with van der Waals surface area (Å²) < 4.78 is 5.17. The van der Waals surface area contributed by atoms with Crippen molar-refractivity contribution in [2.75, 3.05) is 6.61 Å². The Kier molecular flexibility index (Phi) is 4.65. The molecule has 0 saturated carbocycles. The first-order valence-electron chi connectivity index (χ1n) is 6.18. The maximum Gasteiger partial charge on any atom is 0.309 e. The molecule has 1 aliphatic heterocycles. The van der Waals surface area contributed by atoms with Gasteiger partial charge in [0.25, 0.3) is 0 Å². The monoisotopic (exact) mass is 264 g/mol. The fourth-order valence-corrected chi connectivity index (χ4v) is 1.97. The van der Waals surface area contributed by atoms with Gasteiger partial charge in [0.1, 0.15) is 18.5 Å². The van der Waals surface area contributed by atoms with Gasteiger partial charge in [-0.1, -0.05) is 30.3 Å². The van der Waals surface area contributed by atoms with Gasteiger partial charge in [0.05, 0.1) is 13.0 Å². The lowest BCUT2D eigenvalue weighted by molar-refractivity contribution is -0.308. The highest BCUT2D eigenvalue weighted by Gasteiger charge is 2.39. The molecule has 1 atom stereocenters. The molecule has 1 aromatic rings. The van der Waals surface area contributed by atoms with Gasteiger partial charge in [-0.25, -0.2) is 9.78 Å². The van der Waals surface area contributed by atoms with Crippen molar-refractivity contribution >= 4 is 12.3 Å². The van der Waals surface area contributed by atoms with E-state index in [9.17, 15) is 9.59 Å². The smallest absolute Gasteiger partial charge is 0.309 e. The lowest BCUT2D eigenvalue weighted by atomic mass is 9.93. The minimum Gasteiger partial charge on any atom is -0.461 e. The Morgan fingerprint density at radius 1 is 1.37 bits per heavy atom. The van der Waals surface area contributed by atoms with Crippen LogP contribution in [0.4, 0.5) is 0 Å². The molecule has 19 heavy (non-hydrogen) atoms. The van der Waals surface area contributed by atoms with E-state index >= 15 is 0 Å². The molecule has 102 valence electrons. The van der Waals surface area contributed by atoms with Gasteiger partial charge in [-0.05, 0) is 5.56 Å². The van der Waals surface area contributed by atoms with Gasteiger partial charge >= 0.3 is 5.97 Å². The van der Waals surface area contributed by atoms with Gasteiger partial charge in [-0.15, -0.1) is 0 Å². The number of hydrogen-bond donors (Lipinski definition) is 0. The van der Waals surface area contributed by atoms with Gasteiger partial charge in [0, 0.05) is 12.8 Å². The molecule has 0 spiro atoms. The first-order valence-corrected chi connectivity index (χ1v) is 6.18. The molecule has 0 radical (unpaired) electrons. The molecule has 0 amide bonds. The lowest BCUT2D eigenvalue weighted by Gasteiger charge is -2.21. The summed E-state index contributed by atoms with van der Waals surface area (Å²) in [7, 11) is 0. The Bertz CT molecular complexity index is 423. The van der Waals surface area contributed by atoms with Crippen LogP contribution in [0.3, 0.4) is 0 Å². The van der Waals surface area contributed by atoms with Gasteiger partial charge in [0.2, 0.25) is 0 Å². The molecule has 0 aliphatic carbocycles. The van der Waals surface area contributed by atoms with Gasteiger partial charge in [0.15, 0.2) is 0 Å². The van der Waals surface area contributed by atoms with E-state index in [1.807, 2.05) is 30.3 Å². The van der Waals surface area contributed by atoms with Crippen molar-refractivity contribution in [2.24, 2.45) is 0 Å². The average Bonchev–Trinajstić information content (AvgIpc) is 2.86. The van der Waals surface area contributed by atoms with Gasteiger partial charge in [-0.3, -0.25) is 4.79 Å². The highest BCUT2D eigenvalue weighted by Crippen LogP contribution is 2.30. The maximum atomic E-state index is 11.8. The summed E-state index contributed by atoms with van der Waals surface area (Å²) in [5, 5.41) is 0. The quantitative estimate of drug-likeness (QED) is 0.445. The molecular weight excluding hydrogens is 248 g/mol. The molecule has 0 aromatic heterocycles. The molecular formula is C14H16O5. The van der Waals surface area contributed by atoms with Gasteiger partial charge in [-0.2, -0.15) is 0 Å². The average molecular weight is 264 g/mol. The number of hydrogen-bond acceptors (Lipinski definition) is 5. The zero-order valence-corrected chi connectivity index (χ0v) is 10.5. The summed E-state index contributed by atoms with van der Waals surface area (Å²) in [6, 6.07) is 9.41. The van der Waals surface area contributed by atoms with Crippen LogP contribution < -0.4 is 0 Å². The summed E-state index contributed by atoms with van der Waals surface area (Å²) >= 11 is 0. The van der Waals surface area contributed by atoms with E-state index in [4.69, 9.17) is 14.5 Å². The second-order valence-corrected chi connectivity index (χ2v) is 4.53. The molecule has 1 unspecified atom stereocenters. The Morgan fingerprint density at radius 3 is 2.79 bits per heavy atom. The summed E-state index contributed by atoms with van der Waals surface area (Å²) in [5.41, 5.74) is 0.0686. The zero-order valence-electron chi connectivity index (χ0n) is 10.5. The predicted octanol–water partition coefficient (Wildman–Crippen LogP) is 1.80.